The van der Waals surface area contributed by atoms with Crippen LogP contribution in [-0.2, 0) is 14.9 Å². The lowest BCUT2D eigenvalue weighted by Crippen LogP contribution is -2.41. The number of benzene rings is 1. The lowest BCUT2D eigenvalue weighted by Gasteiger charge is -2.32. The Hall–Kier alpha value is -1.02. The van der Waals surface area contributed by atoms with Crippen molar-refractivity contribution in [2.24, 2.45) is 0 Å². The summed E-state index contributed by atoms with van der Waals surface area (Å²) in [6.45, 7) is 11.1. The van der Waals surface area contributed by atoms with Gasteiger partial charge in [0, 0.05) is 0 Å². The van der Waals surface area contributed by atoms with E-state index in [2.05, 4.69) is 4.98 Å². The molecule has 2 aromatic rings. The van der Waals surface area contributed by atoms with E-state index in [1.807, 2.05) is 33.8 Å². The van der Waals surface area contributed by atoms with E-state index in [1.54, 1.807) is 13.8 Å². The molecular formula is C16H21BFNO3S. The summed E-state index contributed by atoms with van der Waals surface area (Å²) in [7, 11) is -0.619. The number of fused-ring (bicyclic) bond motifs is 1. The van der Waals surface area contributed by atoms with Crippen LogP contribution in [0.25, 0.3) is 10.2 Å². The number of thiazole rings is 1. The molecule has 1 fully saturated rings. The van der Waals surface area contributed by atoms with Crippen molar-refractivity contribution < 1.29 is 18.8 Å². The van der Waals surface area contributed by atoms with Crippen LogP contribution in [0.2, 0.25) is 0 Å². The van der Waals surface area contributed by atoms with Gasteiger partial charge in [-0.3, -0.25) is 0 Å². The van der Waals surface area contributed by atoms with Crippen molar-refractivity contribution in [2.45, 2.75) is 58.3 Å². The fraction of sp³-hybridized carbons (Fsp3) is 0.562. The molecule has 1 N–H and O–H groups in total. The molecule has 0 aliphatic carbocycles. The van der Waals surface area contributed by atoms with Gasteiger partial charge in [0.1, 0.15) is 21.9 Å². The Bertz CT molecular complexity index is 751. The van der Waals surface area contributed by atoms with Gasteiger partial charge in [0.05, 0.1) is 15.9 Å². The molecule has 7 heteroatoms. The van der Waals surface area contributed by atoms with Crippen LogP contribution < -0.4 is 5.46 Å². The Balaban J connectivity index is 2.04. The predicted octanol–water partition coefficient (Wildman–Crippen LogP) is 2.96. The third-order valence-corrected chi connectivity index (χ3v) is 5.83. The molecule has 1 aliphatic heterocycles. The second-order valence-electron chi connectivity index (χ2n) is 7.52. The summed E-state index contributed by atoms with van der Waals surface area (Å²) in [5, 5.41) is 10.6. The van der Waals surface area contributed by atoms with Crippen molar-refractivity contribution in [1.29, 1.82) is 0 Å². The molecule has 1 aliphatic rings. The van der Waals surface area contributed by atoms with Gasteiger partial charge in [-0.1, -0.05) is 0 Å². The Labute approximate surface area is 139 Å². The van der Waals surface area contributed by atoms with E-state index in [-0.39, 0.29) is 5.52 Å². The maximum absolute atomic E-state index is 14.4. The van der Waals surface area contributed by atoms with Crippen LogP contribution in [0.15, 0.2) is 12.1 Å². The fourth-order valence-corrected chi connectivity index (χ4v) is 3.42. The molecule has 0 unspecified atom stereocenters. The van der Waals surface area contributed by atoms with Gasteiger partial charge in [-0.05, 0) is 59.1 Å². The van der Waals surface area contributed by atoms with E-state index in [0.717, 1.165) is 0 Å². The van der Waals surface area contributed by atoms with Crippen LogP contribution in [0.3, 0.4) is 0 Å². The molecular weight excluding hydrogens is 316 g/mol. The molecule has 0 amide bonds. The Morgan fingerprint density at radius 1 is 1.17 bits per heavy atom. The molecule has 1 aromatic heterocycles. The molecule has 124 valence electrons. The first-order valence-corrected chi connectivity index (χ1v) is 8.41. The third kappa shape index (κ3) is 2.80. The largest absolute Gasteiger partial charge is 0.494 e. The molecule has 23 heavy (non-hydrogen) atoms. The van der Waals surface area contributed by atoms with Crippen molar-refractivity contribution >= 4 is 34.1 Å². The van der Waals surface area contributed by atoms with Gasteiger partial charge in [-0.2, -0.15) is 0 Å². The number of hydrogen-bond acceptors (Lipinski definition) is 5. The van der Waals surface area contributed by atoms with Gasteiger partial charge in [-0.25, -0.2) is 9.37 Å². The van der Waals surface area contributed by atoms with Gasteiger partial charge >= 0.3 is 7.12 Å². The van der Waals surface area contributed by atoms with Crippen molar-refractivity contribution in [3.8, 4) is 0 Å². The second-order valence-corrected chi connectivity index (χ2v) is 8.55. The SMILES string of the molecule is CC(C)(O)c1nc2c(F)cc(B3OC(C)(C)C(C)(C)O3)cc2s1. The molecule has 1 saturated heterocycles. The van der Waals surface area contributed by atoms with Crippen molar-refractivity contribution in [3.63, 3.8) is 0 Å². The van der Waals surface area contributed by atoms with E-state index in [9.17, 15) is 9.50 Å². The van der Waals surface area contributed by atoms with Crippen LogP contribution in [0.4, 0.5) is 4.39 Å². The van der Waals surface area contributed by atoms with Crippen LogP contribution in [0, 0.1) is 5.82 Å². The minimum atomic E-state index is -1.10. The number of halogens is 1. The summed E-state index contributed by atoms with van der Waals surface area (Å²) < 4.78 is 27.1. The highest BCUT2D eigenvalue weighted by Crippen LogP contribution is 2.37. The van der Waals surface area contributed by atoms with E-state index in [1.165, 1.54) is 17.4 Å². The molecule has 2 heterocycles. The second kappa shape index (κ2) is 4.99. The van der Waals surface area contributed by atoms with Gasteiger partial charge in [0.25, 0.3) is 0 Å². The number of aromatic nitrogens is 1. The molecule has 1 aromatic carbocycles. The van der Waals surface area contributed by atoms with Gasteiger partial charge in [0.2, 0.25) is 0 Å². The average Bonchev–Trinajstić information content (AvgIpc) is 2.89. The molecule has 3 rings (SSSR count). The normalized spacial score (nSPS) is 20.4. The zero-order valence-corrected chi connectivity index (χ0v) is 15.0. The third-order valence-electron chi connectivity index (χ3n) is 4.52. The first-order chi connectivity index (χ1) is 10.4. The molecule has 4 nitrogen and oxygen atoms in total. The molecule has 0 saturated carbocycles. The summed E-state index contributed by atoms with van der Waals surface area (Å²) in [5.41, 5.74) is -1.16. The number of nitrogens with zero attached hydrogens (tertiary/aromatic N) is 1. The minimum Gasteiger partial charge on any atom is -0.399 e. The fourth-order valence-electron chi connectivity index (χ4n) is 2.39. The van der Waals surface area contributed by atoms with Gasteiger partial charge in [-0.15, -0.1) is 11.3 Å². The first kappa shape index (κ1) is 16.8. The maximum Gasteiger partial charge on any atom is 0.494 e. The standard InChI is InChI=1S/C16H21BFNO3S/c1-14(2,20)13-19-12-10(18)7-9(8-11(12)23-13)17-21-15(3,4)16(5,6)22-17/h7-8,20H,1-6H3. The van der Waals surface area contributed by atoms with Crippen LogP contribution in [-0.4, -0.2) is 28.4 Å². The number of hydrogen-bond donors (Lipinski definition) is 1. The molecule has 0 atom stereocenters. The Morgan fingerprint density at radius 3 is 2.26 bits per heavy atom. The van der Waals surface area contributed by atoms with E-state index >= 15 is 0 Å². The topological polar surface area (TPSA) is 51.6 Å². The summed E-state index contributed by atoms with van der Waals surface area (Å²) in [5.74, 6) is -0.432. The van der Waals surface area contributed by atoms with E-state index in [0.29, 0.717) is 15.2 Å². The van der Waals surface area contributed by atoms with Crippen molar-refractivity contribution in [3.05, 3.63) is 23.0 Å². The monoisotopic (exact) mass is 337 g/mol. The quantitative estimate of drug-likeness (QED) is 0.856. The highest BCUT2D eigenvalue weighted by molar-refractivity contribution is 7.18. The Kier molecular flexibility index (Phi) is 3.65. The first-order valence-electron chi connectivity index (χ1n) is 7.59. The zero-order valence-electron chi connectivity index (χ0n) is 14.2. The minimum absolute atomic E-state index is 0.271. The predicted molar refractivity (Wildman–Crippen MR) is 90.5 cm³/mol. The molecule has 0 radical (unpaired) electrons. The molecule has 0 spiro atoms. The van der Waals surface area contributed by atoms with Crippen LogP contribution >= 0.6 is 11.3 Å². The summed E-state index contributed by atoms with van der Waals surface area (Å²) in [6, 6.07) is 3.23. The van der Waals surface area contributed by atoms with Crippen LogP contribution in [0.5, 0.6) is 0 Å². The van der Waals surface area contributed by atoms with Gasteiger partial charge < -0.3 is 14.4 Å². The van der Waals surface area contributed by atoms with E-state index < -0.39 is 29.7 Å². The smallest absolute Gasteiger partial charge is 0.399 e. The lowest BCUT2D eigenvalue weighted by atomic mass is 9.79. The average molecular weight is 337 g/mol. The summed E-state index contributed by atoms with van der Waals surface area (Å²) in [6.07, 6.45) is 0. The Morgan fingerprint density at radius 2 is 1.74 bits per heavy atom. The van der Waals surface area contributed by atoms with Crippen molar-refractivity contribution in [2.75, 3.05) is 0 Å². The highest BCUT2D eigenvalue weighted by atomic mass is 32.1. The zero-order chi connectivity index (χ0) is 17.2. The van der Waals surface area contributed by atoms with Gasteiger partial charge in [0.15, 0.2) is 0 Å². The highest BCUT2D eigenvalue weighted by Gasteiger charge is 2.51. The number of rotatable bonds is 2. The summed E-state index contributed by atoms with van der Waals surface area (Å²) in [4.78, 5) is 4.22. The summed E-state index contributed by atoms with van der Waals surface area (Å²) >= 11 is 1.28. The maximum atomic E-state index is 14.4. The lowest BCUT2D eigenvalue weighted by molar-refractivity contribution is 0.00578. The molecule has 0 bridgehead atoms. The van der Waals surface area contributed by atoms with E-state index in [4.69, 9.17) is 9.31 Å². The van der Waals surface area contributed by atoms with Crippen molar-refractivity contribution in [1.82, 2.24) is 4.98 Å². The number of aliphatic hydroxyl groups is 1. The van der Waals surface area contributed by atoms with Crippen LogP contribution in [0.1, 0.15) is 46.6 Å².